The highest BCUT2D eigenvalue weighted by Crippen LogP contribution is 2.21. The first-order valence-electron chi connectivity index (χ1n) is 5.81. The minimum absolute atomic E-state index is 0.109. The number of aromatic nitrogens is 1. The Balaban J connectivity index is 2.26. The second-order valence-electron chi connectivity index (χ2n) is 4.24. The van der Waals surface area contributed by atoms with Gasteiger partial charge in [-0.2, -0.15) is 0 Å². The molecule has 0 amide bonds. The van der Waals surface area contributed by atoms with Crippen molar-refractivity contribution in [2.45, 2.75) is 13.5 Å². The highest BCUT2D eigenvalue weighted by atomic mass is 32.1. The van der Waals surface area contributed by atoms with E-state index in [9.17, 15) is 0 Å². The fourth-order valence-corrected chi connectivity index (χ4v) is 2.66. The Bertz CT molecular complexity index is 594. The molecule has 3 N–H and O–H groups in total. The molecule has 0 aliphatic heterocycles. The lowest BCUT2D eigenvalue weighted by Gasteiger charge is -2.20. The van der Waals surface area contributed by atoms with E-state index in [1.807, 2.05) is 48.5 Å². The zero-order valence-corrected chi connectivity index (χ0v) is 11.7. The van der Waals surface area contributed by atoms with Crippen molar-refractivity contribution in [3.63, 3.8) is 0 Å². The summed E-state index contributed by atoms with van der Waals surface area (Å²) in [5, 5.41) is 15.0. The van der Waals surface area contributed by atoms with Crippen LogP contribution in [0.2, 0.25) is 0 Å². The molecule has 1 heterocycles. The predicted molar refractivity (Wildman–Crippen MR) is 77.9 cm³/mol. The van der Waals surface area contributed by atoms with Crippen molar-refractivity contribution in [1.82, 2.24) is 4.98 Å². The molecule has 0 radical (unpaired) electrons. The Morgan fingerprint density at radius 3 is 2.84 bits per heavy atom. The summed E-state index contributed by atoms with van der Waals surface area (Å²) in [4.78, 5) is 6.47. The van der Waals surface area contributed by atoms with Crippen LogP contribution in [0.5, 0.6) is 0 Å². The van der Waals surface area contributed by atoms with Gasteiger partial charge in [-0.1, -0.05) is 17.3 Å². The van der Waals surface area contributed by atoms with Crippen LogP contribution in [0.25, 0.3) is 0 Å². The van der Waals surface area contributed by atoms with Crippen LogP contribution in [-0.4, -0.2) is 23.1 Å². The number of aryl methyl sites for hydroxylation is 1. The number of hydrogen-bond acceptors (Lipinski definition) is 5. The highest BCUT2D eigenvalue weighted by molar-refractivity contribution is 7.09. The molecule has 0 unspecified atom stereocenters. The van der Waals surface area contributed by atoms with Gasteiger partial charge >= 0.3 is 0 Å². The Morgan fingerprint density at radius 1 is 1.47 bits per heavy atom. The monoisotopic (exact) mass is 276 g/mol. The van der Waals surface area contributed by atoms with E-state index in [1.165, 1.54) is 0 Å². The van der Waals surface area contributed by atoms with E-state index >= 15 is 0 Å². The SMILES string of the molecule is Cc1csc(CN(C)c2ccccc2C(N)=NO)n1. The minimum atomic E-state index is 0.109. The van der Waals surface area contributed by atoms with Crippen LogP contribution in [0.4, 0.5) is 5.69 Å². The molecule has 19 heavy (non-hydrogen) atoms. The third kappa shape index (κ3) is 3.03. The molecule has 2 aromatic rings. The van der Waals surface area contributed by atoms with E-state index < -0.39 is 0 Å². The molecule has 1 aromatic heterocycles. The van der Waals surface area contributed by atoms with Crippen molar-refractivity contribution < 1.29 is 5.21 Å². The summed E-state index contributed by atoms with van der Waals surface area (Å²) in [6.07, 6.45) is 0. The topological polar surface area (TPSA) is 74.7 Å². The van der Waals surface area contributed by atoms with Gasteiger partial charge in [0.15, 0.2) is 5.84 Å². The summed E-state index contributed by atoms with van der Waals surface area (Å²) < 4.78 is 0. The molecular formula is C13H16N4OS. The van der Waals surface area contributed by atoms with Crippen molar-refractivity contribution in [2.75, 3.05) is 11.9 Å². The summed E-state index contributed by atoms with van der Waals surface area (Å²) in [5.41, 5.74) is 8.33. The van der Waals surface area contributed by atoms with Gasteiger partial charge in [0.1, 0.15) is 5.01 Å². The van der Waals surface area contributed by atoms with E-state index in [1.54, 1.807) is 11.3 Å². The molecule has 5 nitrogen and oxygen atoms in total. The molecule has 0 saturated carbocycles. The van der Waals surface area contributed by atoms with E-state index in [0.29, 0.717) is 12.1 Å². The van der Waals surface area contributed by atoms with Crippen molar-refractivity contribution >= 4 is 22.9 Å². The normalized spacial score (nSPS) is 11.6. The first kappa shape index (κ1) is 13.4. The van der Waals surface area contributed by atoms with Gasteiger partial charge in [-0.15, -0.1) is 11.3 Å². The van der Waals surface area contributed by atoms with Gasteiger partial charge in [0.2, 0.25) is 0 Å². The second kappa shape index (κ2) is 5.71. The van der Waals surface area contributed by atoms with Crippen LogP contribution in [0.1, 0.15) is 16.3 Å². The lowest BCUT2D eigenvalue weighted by atomic mass is 10.1. The predicted octanol–water partition coefficient (Wildman–Crippen LogP) is 2.18. The Hall–Kier alpha value is -2.08. The number of nitrogens with two attached hydrogens (primary N) is 1. The van der Waals surface area contributed by atoms with Crippen molar-refractivity contribution in [3.05, 3.63) is 45.9 Å². The Labute approximate surface area is 116 Å². The number of amidine groups is 1. The average molecular weight is 276 g/mol. The molecule has 0 aliphatic rings. The van der Waals surface area contributed by atoms with Gasteiger partial charge in [0.05, 0.1) is 6.54 Å². The molecule has 0 saturated heterocycles. The zero-order chi connectivity index (χ0) is 13.8. The molecule has 2 rings (SSSR count). The molecule has 0 bridgehead atoms. The summed E-state index contributed by atoms with van der Waals surface area (Å²) in [6.45, 7) is 2.67. The third-order valence-corrected chi connectivity index (χ3v) is 3.69. The number of oxime groups is 1. The number of rotatable bonds is 4. The molecule has 100 valence electrons. The van der Waals surface area contributed by atoms with Gasteiger partial charge in [-0.25, -0.2) is 4.98 Å². The van der Waals surface area contributed by atoms with Gasteiger partial charge < -0.3 is 15.8 Å². The van der Waals surface area contributed by atoms with Crippen LogP contribution in [0.3, 0.4) is 0 Å². The first-order chi connectivity index (χ1) is 9.11. The maximum absolute atomic E-state index is 8.82. The van der Waals surface area contributed by atoms with Gasteiger partial charge in [-0.05, 0) is 19.1 Å². The lowest BCUT2D eigenvalue weighted by Crippen LogP contribution is -2.22. The largest absolute Gasteiger partial charge is 0.409 e. The number of anilines is 1. The summed E-state index contributed by atoms with van der Waals surface area (Å²) in [5.74, 6) is 0.109. The minimum Gasteiger partial charge on any atom is -0.409 e. The van der Waals surface area contributed by atoms with Crippen LogP contribution >= 0.6 is 11.3 Å². The van der Waals surface area contributed by atoms with Crippen molar-refractivity contribution in [3.8, 4) is 0 Å². The number of nitrogens with zero attached hydrogens (tertiary/aromatic N) is 3. The Kier molecular flexibility index (Phi) is 4.01. The maximum Gasteiger partial charge on any atom is 0.172 e. The molecule has 0 aliphatic carbocycles. The highest BCUT2D eigenvalue weighted by Gasteiger charge is 2.11. The van der Waals surface area contributed by atoms with Crippen molar-refractivity contribution in [1.29, 1.82) is 0 Å². The van der Waals surface area contributed by atoms with Gasteiger partial charge in [-0.3, -0.25) is 0 Å². The number of hydrogen-bond donors (Lipinski definition) is 2. The molecule has 6 heteroatoms. The second-order valence-corrected chi connectivity index (χ2v) is 5.18. The summed E-state index contributed by atoms with van der Waals surface area (Å²) in [7, 11) is 1.96. The summed E-state index contributed by atoms with van der Waals surface area (Å²) >= 11 is 1.63. The van der Waals surface area contributed by atoms with Gasteiger partial charge in [0, 0.05) is 29.4 Å². The molecular weight excluding hydrogens is 260 g/mol. The molecule has 0 fully saturated rings. The zero-order valence-electron chi connectivity index (χ0n) is 10.9. The third-order valence-electron chi connectivity index (χ3n) is 2.74. The van der Waals surface area contributed by atoms with E-state index in [-0.39, 0.29) is 5.84 Å². The average Bonchev–Trinajstić information content (AvgIpc) is 2.83. The maximum atomic E-state index is 8.82. The Morgan fingerprint density at radius 2 is 2.21 bits per heavy atom. The number of thiazole rings is 1. The van der Waals surface area contributed by atoms with Crippen LogP contribution in [0, 0.1) is 6.92 Å². The van der Waals surface area contributed by atoms with Crippen LogP contribution in [0.15, 0.2) is 34.8 Å². The lowest BCUT2D eigenvalue weighted by molar-refractivity contribution is 0.318. The van der Waals surface area contributed by atoms with Crippen LogP contribution in [-0.2, 0) is 6.54 Å². The number of para-hydroxylation sites is 1. The number of benzene rings is 1. The fourth-order valence-electron chi connectivity index (χ4n) is 1.84. The van der Waals surface area contributed by atoms with E-state index in [0.717, 1.165) is 16.4 Å². The summed E-state index contributed by atoms with van der Waals surface area (Å²) in [6, 6.07) is 7.55. The van der Waals surface area contributed by atoms with E-state index in [2.05, 4.69) is 10.1 Å². The molecule has 0 spiro atoms. The molecule has 0 atom stereocenters. The smallest absolute Gasteiger partial charge is 0.172 e. The molecule has 1 aromatic carbocycles. The van der Waals surface area contributed by atoms with Crippen LogP contribution < -0.4 is 10.6 Å². The van der Waals surface area contributed by atoms with E-state index in [4.69, 9.17) is 10.9 Å². The quantitative estimate of drug-likeness (QED) is 0.388. The standard InChI is InChI=1S/C13H16N4OS/c1-9-8-19-12(15-9)7-17(2)11-6-4-3-5-10(11)13(14)16-18/h3-6,8,18H,7H2,1-2H3,(H2,14,16). The fraction of sp³-hybridized carbons (Fsp3) is 0.231. The first-order valence-corrected chi connectivity index (χ1v) is 6.69. The van der Waals surface area contributed by atoms with Crippen molar-refractivity contribution in [2.24, 2.45) is 10.9 Å². The van der Waals surface area contributed by atoms with Gasteiger partial charge in [0.25, 0.3) is 0 Å².